The molecule has 0 fully saturated rings. The third-order valence-electron chi connectivity index (χ3n) is 2.71. The molecular weight excluding hydrogens is 198 g/mol. The summed E-state index contributed by atoms with van der Waals surface area (Å²) in [6.07, 6.45) is 1.35. The van der Waals surface area contributed by atoms with Gasteiger partial charge in [0.15, 0.2) is 0 Å². The first-order valence-electron chi connectivity index (χ1n) is 5.18. The Morgan fingerprint density at radius 1 is 0.875 bits per heavy atom. The highest BCUT2D eigenvalue weighted by atomic mass is 16.1. The van der Waals surface area contributed by atoms with E-state index in [4.69, 9.17) is 4.79 Å². The molecule has 0 bridgehead atoms. The molecule has 0 spiro atoms. The lowest BCUT2D eigenvalue weighted by atomic mass is 10.1. The summed E-state index contributed by atoms with van der Waals surface area (Å²) < 4.78 is 0. The van der Waals surface area contributed by atoms with Crippen LogP contribution in [0.25, 0.3) is 11.1 Å². The van der Waals surface area contributed by atoms with Gasteiger partial charge in [0.05, 0.1) is 0 Å². The Kier molecular flexibility index (Phi) is 3.01. The fourth-order valence-corrected chi connectivity index (χ4v) is 2.08. The van der Waals surface area contributed by atoms with Crippen LogP contribution in [0, 0.1) is 0 Å². The zero-order valence-corrected chi connectivity index (χ0v) is 8.89. The smallest absolute Gasteiger partial charge is 0.204 e. The van der Waals surface area contributed by atoms with Crippen LogP contribution in [0.2, 0.25) is 0 Å². The number of rotatable bonds is 0. The zero-order chi connectivity index (χ0) is 11.4. The molecule has 2 aromatic carbocycles. The first-order chi connectivity index (χ1) is 7.86. The van der Waals surface area contributed by atoms with E-state index in [1.807, 2.05) is 0 Å². The van der Waals surface area contributed by atoms with E-state index < -0.39 is 0 Å². The Morgan fingerprint density at radius 3 is 1.69 bits per heavy atom. The summed E-state index contributed by atoms with van der Waals surface area (Å²) in [6, 6.07) is 17.3. The second-order valence-corrected chi connectivity index (χ2v) is 3.63. The minimum absolute atomic E-state index is 0.250. The van der Waals surface area contributed by atoms with Crippen LogP contribution in [0.4, 0.5) is 0 Å². The van der Waals surface area contributed by atoms with Gasteiger partial charge >= 0.3 is 0 Å². The van der Waals surface area contributed by atoms with Crippen LogP contribution < -0.4 is 5.73 Å². The SMILES string of the molecule is NC=O.c1ccc2c(c1)Cc1ccccc1-2. The molecule has 0 radical (unpaired) electrons. The topological polar surface area (TPSA) is 43.1 Å². The molecule has 2 N–H and O–H groups in total. The zero-order valence-electron chi connectivity index (χ0n) is 8.89. The Balaban J connectivity index is 0.000000292. The second-order valence-electron chi connectivity index (χ2n) is 3.63. The molecule has 1 amide bonds. The van der Waals surface area contributed by atoms with Crippen molar-refractivity contribution >= 4 is 6.41 Å². The van der Waals surface area contributed by atoms with E-state index in [1.54, 1.807) is 0 Å². The Hall–Kier alpha value is -2.09. The summed E-state index contributed by atoms with van der Waals surface area (Å²) >= 11 is 0. The minimum atomic E-state index is 0.250. The van der Waals surface area contributed by atoms with Crippen molar-refractivity contribution in [3.63, 3.8) is 0 Å². The molecule has 0 unspecified atom stereocenters. The maximum Gasteiger partial charge on any atom is 0.204 e. The lowest BCUT2D eigenvalue weighted by molar-refractivity contribution is -0.106. The van der Waals surface area contributed by atoms with E-state index in [2.05, 4.69) is 54.3 Å². The third kappa shape index (κ3) is 1.82. The third-order valence-corrected chi connectivity index (χ3v) is 2.71. The largest absolute Gasteiger partial charge is 0.372 e. The van der Waals surface area contributed by atoms with Crippen molar-refractivity contribution < 1.29 is 4.79 Å². The first kappa shape index (κ1) is 10.4. The number of hydrogen-bond donors (Lipinski definition) is 1. The predicted molar refractivity (Wildman–Crippen MR) is 64.9 cm³/mol. The molecule has 1 aliphatic carbocycles. The van der Waals surface area contributed by atoms with Crippen molar-refractivity contribution in [1.29, 1.82) is 0 Å². The number of carbonyl (C=O) groups is 1. The monoisotopic (exact) mass is 211 g/mol. The first-order valence-corrected chi connectivity index (χ1v) is 5.18. The van der Waals surface area contributed by atoms with Gasteiger partial charge in [0.2, 0.25) is 6.41 Å². The number of benzene rings is 2. The van der Waals surface area contributed by atoms with Crippen molar-refractivity contribution in [2.45, 2.75) is 6.42 Å². The van der Waals surface area contributed by atoms with Gasteiger partial charge in [0.1, 0.15) is 0 Å². The van der Waals surface area contributed by atoms with Crippen LogP contribution in [0.15, 0.2) is 48.5 Å². The van der Waals surface area contributed by atoms with Crippen molar-refractivity contribution in [1.82, 2.24) is 0 Å². The number of hydrogen-bond acceptors (Lipinski definition) is 1. The van der Waals surface area contributed by atoms with Crippen LogP contribution in [0.5, 0.6) is 0 Å². The van der Waals surface area contributed by atoms with Crippen molar-refractivity contribution in [2.75, 3.05) is 0 Å². The molecule has 80 valence electrons. The highest BCUT2D eigenvalue weighted by Crippen LogP contribution is 2.35. The van der Waals surface area contributed by atoms with Crippen LogP contribution in [-0.4, -0.2) is 6.41 Å². The Morgan fingerprint density at radius 2 is 1.25 bits per heavy atom. The van der Waals surface area contributed by atoms with E-state index in [1.165, 1.54) is 22.3 Å². The fraction of sp³-hybridized carbons (Fsp3) is 0.0714. The Bertz CT molecular complexity index is 462. The van der Waals surface area contributed by atoms with Gasteiger partial charge in [0.25, 0.3) is 0 Å². The molecule has 0 heterocycles. The van der Waals surface area contributed by atoms with E-state index in [-0.39, 0.29) is 6.41 Å². The summed E-state index contributed by atoms with van der Waals surface area (Å²) in [5.41, 5.74) is 9.92. The molecule has 0 aromatic heterocycles. The lowest BCUT2D eigenvalue weighted by Crippen LogP contribution is -1.82. The maximum atomic E-state index is 8.58. The standard InChI is InChI=1S/C13H10.CH3NO/c1-3-7-12-10(5-1)9-11-6-2-4-8-13(11)12;2-1-3/h1-8H,9H2;1H,(H2,2,3). The van der Waals surface area contributed by atoms with E-state index >= 15 is 0 Å². The highest BCUT2D eigenvalue weighted by molar-refractivity contribution is 5.76. The average Bonchev–Trinajstić information content (AvgIpc) is 2.68. The highest BCUT2D eigenvalue weighted by Gasteiger charge is 2.15. The normalized spacial score (nSPS) is 10.8. The number of carbonyl (C=O) groups excluding carboxylic acids is 1. The van der Waals surface area contributed by atoms with Gasteiger partial charge in [-0.3, -0.25) is 4.79 Å². The van der Waals surface area contributed by atoms with E-state index in [9.17, 15) is 0 Å². The van der Waals surface area contributed by atoms with E-state index in [0.29, 0.717) is 0 Å². The van der Waals surface area contributed by atoms with E-state index in [0.717, 1.165) is 6.42 Å². The van der Waals surface area contributed by atoms with Gasteiger partial charge < -0.3 is 5.73 Å². The molecule has 1 aliphatic rings. The van der Waals surface area contributed by atoms with Crippen molar-refractivity contribution in [3.05, 3.63) is 59.7 Å². The molecular formula is C14H13NO. The van der Waals surface area contributed by atoms with Crippen LogP contribution in [-0.2, 0) is 11.2 Å². The average molecular weight is 211 g/mol. The lowest BCUT2D eigenvalue weighted by Gasteiger charge is -1.98. The number of nitrogens with two attached hydrogens (primary N) is 1. The number of primary amides is 1. The van der Waals surface area contributed by atoms with Crippen molar-refractivity contribution in [3.8, 4) is 11.1 Å². The molecule has 2 heteroatoms. The molecule has 16 heavy (non-hydrogen) atoms. The molecule has 0 saturated carbocycles. The van der Waals surface area contributed by atoms with Gasteiger partial charge in [-0.2, -0.15) is 0 Å². The van der Waals surface area contributed by atoms with Crippen LogP contribution in [0.3, 0.4) is 0 Å². The summed E-state index contributed by atoms with van der Waals surface area (Å²) in [5, 5.41) is 0. The van der Waals surface area contributed by atoms with Gasteiger partial charge in [-0.1, -0.05) is 48.5 Å². The number of amides is 1. The van der Waals surface area contributed by atoms with Gasteiger partial charge in [0, 0.05) is 0 Å². The summed E-state index contributed by atoms with van der Waals surface area (Å²) in [5.74, 6) is 0. The molecule has 2 aromatic rings. The molecule has 2 nitrogen and oxygen atoms in total. The quantitative estimate of drug-likeness (QED) is 0.570. The van der Waals surface area contributed by atoms with Crippen LogP contribution in [0.1, 0.15) is 11.1 Å². The van der Waals surface area contributed by atoms with Crippen molar-refractivity contribution in [2.24, 2.45) is 5.73 Å². The summed E-state index contributed by atoms with van der Waals surface area (Å²) in [7, 11) is 0. The van der Waals surface area contributed by atoms with Crippen LogP contribution >= 0.6 is 0 Å². The minimum Gasteiger partial charge on any atom is -0.372 e. The second kappa shape index (κ2) is 4.62. The molecule has 3 rings (SSSR count). The maximum absolute atomic E-state index is 8.58. The predicted octanol–water partition coefficient (Wildman–Crippen LogP) is 2.36. The van der Waals surface area contributed by atoms with Gasteiger partial charge in [-0.05, 0) is 28.7 Å². The van der Waals surface area contributed by atoms with Gasteiger partial charge in [-0.15, -0.1) is 0 Å². The summed E-state index contributed by atoms with van der Waals surface area (Å²) in [6.45, 7) is 0. The number of fused-ring (bicyclic) bond motifs is 3. The Labute approximate surface area is 94.7 Å². The fourth-order valence-electron chi connectivity index (χ4n) is 2.08. The van der Waals surface area contributed by atoms with Gasteiger partial charge in [-0.25, -0.2) is 0 Å². The molecule has 0 saturated heterocycles. The molecule has 0 atom stereocenters. The summed E-state index contributed by atoms with van der Waals surface area (Å²) in [4.78, 5) is 8.58. The molecule has 0 aliphatic heterocycles.